The van der Waals surface area contributed by atoms with Gasteiger partial charge >= 0.3 is 0 Å². The topological polar surface area (TPSA) is 106 Å². The highest BCUT2D eigenvalue weighted by molar-refractivity contribution is 5.83. The van der Waals surface area contributed by atoms with E-state index in [9.17, 15) is 5.11 Å². The summed E-state index contributed by atoms with van der Waals surface area (Å²) in [7, 11) is 0. The van der Waals surface area contributed by atoms with E-state index in [0.717, 1.165) is 0 Å². The van der Waals surface area contributed by atoms with E-state index in [4.69, 9.17) is 15.6 Å². The average Bonchev–Trinajstić information content (AvgIpc) is 2.93. The summed E-state index contributed by atoms with van der Waals surface area (Å²) in [5.74, 6) is 0. The number of fused-ring (bicyclic) bond motifs is 1. The summed E-state index contributed by atoms with van der Waals surface area (Å²) >= 11 is 0. The Morgan fingerprint density at radius 2 is 2.33 bits per heavy atom. The normalized spacial score (nSPS) is 28.0. The minimum absolute atomic E-state index is 0.115. The van der Waals surface area contributed by atoms with Gasteiger partial charge in [-0.1, -0.05) is 0 Å². The Hall–Kier alpha value is -1.70. The lowest BCUT2D eigenvalue weighted by molar-refractivity contribution is -0.0486. The van der Waals surface area contributed by atoms with Gasteiger partial charge in [-0.05, 0) is 6.07 Å². The van der Waals surface area contributed by atoms with Crippen molar-refractivity contribution in [2.45, 2.75) is 24.9 Å². The molecule has 3 atom stereocenters. The second-order valence-corrected chi connectivity index (χ2v) is 4.36. The van der Waals surface area contributed by atoms with Crippen molar-refractivity contribution in [2.24, 2.45) is 0 Å². The number of aliphatic hydroxyl groups excluding tert-OH is 2. The highest BCUT2D eigenvalue weighted by Gasteiger charge is 2.35. The van der Waals surface area contributed by atoms with Crippen molar-refractivity contribution < 1.29 is 14.9 Å². The van der Waals surface area contributed by atoms with Crippen LogP contribution in [0.3, 0.4) is 0 Å². The molecular formula is C11H14N4O3. The molecule has 3 rings (SSSR count). The van der Waals surface area contributed by atoms with Gasteiger partial charge in [0.15, 0.2) is 11.9 Å². The quantitative estimate of drug-likeness (QED) is 0.673. The molecule has 0 aliphatic carbocycles. The number of pyridine rings is 1. The third-order valence-corrected chi connectivity index (χ3v) is 3.14. The van der Waals surface area contributed by atoms with Gasteiger partial charge in [0.25, 0.3) is 0 Å². The summed E-state index contributed by atoms with van der Waals surface area (Å²) in [6, 6.07) is 1.67. The van der Waals surface area contributed by atoms with E-state index in [1.807, 2.05) is 0 Å². The summed E-state index contributed by atoms with van der Waals surface area (Å²) in [6.07, 6.45) is 1.89. The van der Waals surface area contributed by atoms with Crippen LogP contribution in [-0.4, -0.2) is 43.6 Å². The van der Waals surface area contributed by atoms with Crippen LogP contribution in [0.2, 0.25) is 0 Å². The molecule has 96 valence electrons. The fraction of sp³-hybridized carbons (Fsp3) is 0.455. The van der Waals surface area contributed by atoms with Crippen molar-refractivity contribution >= 4 is 16.9 Å². The molecule has 0 aromatic carbocycles. The second-order valence-electron chi connectivity index (χ2n) is 4.36. The van der Waals surface area contributed by atoms with Crippen LogP contribution in [-0.2, 0) is 4.74 Å². The molecule has 18 heavy (non-hydrogen) atoms. The van der Waals surface area contributed by atoms with E-state index in [1.165, 1.54) is 0 Å². The minimum Gasteiger partial charge on any atom is -0.397 e. The van der Waals surface area contributed by atoms with Crippen molar-refractivity contribution in [1.29, 1.82) is 0 Å². The first kappa shape index (κ1) is 11.4. The Morgan fingerprint density at radius 1 is 1.50 bits per heavy atom. The number of nitrogens with zero attached hydrogens (tertiary/aromatic N) is 3. The Bertz CT molecular complexity index is 570. The summed E-state index contributed by atoms with van der Waals surface area (Å²) in [5.41, 5.74) is 7.48. The minimum atomic E-state index is -0.692. The molecule has 2 aromatic rings. The first-order chi connectivity index (χ1) is 8.70. The lowest BCUT2D eigenvalue weighted by Crippen LogP contribution is -2.19. The van der Waals surface area contributed by atoms with Crippen LogP contribution in [0.25, 0.3) is 11.2 Å². The van der Waals surface area contributed by atoms with Crippen LogP contribution < -0.4 is 5.73 Å². The van der Waals surface area contributed by atoms with Gasteiger partial charge in [-0.2, -0.15) is 0 Å². The number of nitrogens with two attached hydrogens (primary N) is 1. The molecule has 0 amide bonds. The first-order valence-electron chi connectivity index (χ1n) is 5.72. The molecule has 4 N–H and O–H groups in total. The van der Waals surface area contributed by atoms with Crippen LogP contribution >= 0.6 is 0 Å². The van der Waals surface area contributed by atoms with Gasteiger partial charge in [-0.15, -0.1) is 0 Å². The Morgan fingerprint density at radius 3 is 3.06 bits per heavy atom. The van der Waals surface area contributed by atoms with Crippen molar-refractivity contribution in [3.63, 3.8) is 0 Å². The van der Waals surface area contributed by atoms with Crippen molar-refractivity contribution in [3.8, 4) is 0 Å². The fourth-order valence-corrected chi connectivity index (χ4v) is 2.24. The van der Waals surface area contributed by atoms with Crippen LogP contribution in [0.15, 0.2) is 18.6 Å². The molecule has 2 aromatic heterocycles. The smallest absolute Gasteiger partial charge is 0.164 e. The van der Waals surface area contributed by atoms with Crippen LogP contribution in [0, 0.1) is 0 Å². The molecule has 1 fully saturated rings. The van der Waals surface area contributed by atoms with Crippen molar-refractivity contribution in [2.75, 3.05) is 12.3 Å². The van der Waals surface area contributed by atoms with E-state index < -0.39 is 12.3 Å². The number of hydrogen-bond donors (Lipinski definition) is 3. The van der Waals surface area contributed by atoms with Crippen molar-refractivity contribution in [3.05, 3.63) is 18.6 Å². The van der Waals surface area contributed by atoms with Crippen LogP contribution in [0.4, 0.5) is 5.69 Å². The molecule has 0 saturated carbocycles. The highest BCUT2D eigenvalue weighted by Crippen LogP contribution is 2.31. The fourth-order valence-electron chi connectivity index (χ4n) is 2.24. The van der Waals surface area contributed by atoms with Gasteiger partial charge in [-0.25, -0.2) is 9.97 Å². The number of imidazole rings is 1. The van der Waals surface area contributed by atoms with E-state index >= 15 is 0 Å². The molecule has 7 heteroatoms. The lowest BCUT2D eigenvalue weighted by atomic mass is 10.2. The van der Waals surface area contributed by atoms with Crippen LogP contribution in [0.1, 0.15) is 12.6 Å². The SMILES string of the molecule is Nc1ccnc2c1ncn2[C@@H]1O[C@H](CO)C[C@@H]1O. The standard InChI is InChI=1S/C11H14N4O3/c12-7-1-2-13-10-9(7)14-5-15(10)11-8(17)3-6(4-16)18-11/h1-2,5-6,8,11,16-17H,3-4H2,(H2,12,13)/t6-,8-,11+/m0/s1. The zero-order valence-corrected chi connectivity index (χ0v) is 9.60. The summed E-state index contributed by atoms with van der Waals surface area (Å²) < 4.78 is 7.20. The summed E-state index contributed by atoms with van der Waals surface area (Å²) in [5, 5.41) is 19.0. The summed E-state index contributed by atoms with van der Waals surface area (Å²) in [6.45, 7) is -0.115. The van der Waals surface area contributed by atoms with E-state index in [0.29, 0.717) is 23.3 Å². The molecule has 0 bridgehead atoms. The Kier molecular flexibility index (Phi) is 2.66. The molecule has 7 nitrogen and oxygen atoms in total. The molecule has 0 spiro atoms. The number of anilines is 1. The van der Waals surface area contributed by atoms with Gasteiger partial charge in [0.2, 0.25) is 0 Å². The average molecular weight is 250 g/mol. The maximum Gasteiger partial charge on any atom is 0.164 e. The molecule has 1 saturated heterocycles. The predicted molar refractivity (Wildman–Crippen MR) is 63.6 cm³/mol. The largest absolute Gasteiger partial charge is 0.397 e. The van der Waals surface area contributed by atoms with Gasteiger partial charge < -0.3 is 20.7 Å². The van der Waals surface area contributed by atoms with Gasteiger partial charge in [-0.3, -0.25) is 4.57 Å². The Balaban J connectivity index is 2.02. The predicted octanol–water partition coefficient (Wildman–Crippen LogP) is -0.346. The molecule has 1 aliphatic heterocycles. The third-order valence-electron chi connectivity index (χ3n) is 3.14. The number of aliphatic hydroxyl groups is 2. The Labute approximate surface area is 103 Å². The van der Waals surface area contributed by atoms with Gasteiger partial charge in [0.1, 0.15) is 11.6 Å². The number of rotatable bonds is 2. The molecule has 3 heterocycles. The second kappa shape index (κ2) is 4.20. The molecular weight excluding hydrogens is 236 g/mol. The zero-order chi connectivity index (χ0) is 12.7. The maximum atomic E-state index is 9.95. The molecule has 0 unspecified atom stereocenters. The van der Waals surface area contributed by atoms with E-state index in [2.05, 4.69) is 9.97 Å². The zero-order valence-electron chi connectivity index (χ0n) is 9.60. The van der Waals surface area contributed by atoms with E-state index in [1.54, 1.807) is 23.2 Å². The summed E-state index contributed by atoms with van der Waals surface area (Å²) in [4.78, 5) is 8.37. The van der Waals surface area contributed by atoms with Crippen molar-refractivity contribution in [1.82, 2.24) is 14.5 Å². The number of aromatic nitrogens is 3. The number of hydrogen-bond acceptors (Lipinski definition) is 6. The molecule has 0 radical (unpaired) electrons. The van der Waals surface area contributed by atoms with Gasteiger partial charge in [0, 0.05) is 12.6 Å². The highest BCUT2D eigenvalue weighted by atomic mass is 16.5. The van der Waals surface area contributed by atoms with Gasteiger partial charge in [0.05, 0.1) is 24.7 Å². The van der Waals surface area contributed by atoms with Crippen LogP contribution in [0.5, 0.6) is 0 Å². The lowest BCUT2D eigenvalue weighted by Gasteiger charge is -2.16. The number of ether oxygens (including phenoxy) is 1. The number of nitrogen functional groups attached to an aromatic ring is 1. The third kappa shape index (κ3) is 1.64. The molecule has 1 aliphatic rings. The first-order valence-corrected chi connectivity index (χ1v) is 5.72. The maximum absolute atomic E-state index is 9.95. The monoisotopic (exact) mass is 250 g/mol. The van der Waals surface area contributed by atoms with E-state index in [-0.39, 0.29) is 12.7 Å².